The lowest BCUT2D eigenvalue weighted by Crippen LogP contribution is -2.38. The second kappa shape index (κ2) is 8.31. The Morgan fingerprint density at radius 1 is 1.36 bits per heavy atom. The Kier molecular flexibility index (Phi) is 5.88. The van der Waals surface area contributed by atoms with Crippen molar-refractivity contribution in [3.8, 4) is 5.75 Å². The molecule has 1 fully saturated rings. The molecule has 1 aromatic heterocycles. The number of urea groups is 1. The molecule has 1 unspecified atom stereocenters. The highest BCUT2D eigenvalue weighted by Gasteiger charge is 2.26. The van der Waals surface area contributed by atoms with Crippen LogP contribution >= 0.6 is 11.3 Å². The van der Waals surface area contributed by atoms with Crippen molar-refractivity contribution in [1.29, 1.82) is 0 Å². The number of carbonyl (C=O) groups is 1. The number of methoxy groups -OCH3 is 1. The van der Waals surface area contributed by atoms with Gasteiger partial charge in [-0.2, -0.15) is 0 Å². The minimum atomic E-state index is -0.228. The molecule has 25 heavy (non-hydrogen) atoms. The monoisotopic (exact) mass is 360 g/mol. The van der Waals surface area contributed by atoms with Gasteiger partial charge in [-0.25, -0.2) is 9.78 Å². The number of nitrogens with one attached hydrogen (secondary N) is 2. The number of benzene rings is 1. The van der Waals surface area contributed by atoms with Gasteiger partial charge in [0.25, 0.3) is 0 Å². The number of thiazole rings is 1. The molecule has 0 saturated carbocycles. The van der Waals surface area contributed by atoms with Gasteiger partial charge < -0.3 is 10.1 Å². The Bertz CT molecular complexity index is 713. The van der Waals surface area contributed by atoms with Gasteiger partial charge in [-0.05, 0) is 38.9 Å². The number of rotatable bonds is 6. The standard InChI is InChI=1S/C18H24N4O2S/c1-13-12-25-18(20-13)21-17(23)19-11-15(22-9-5-6-10-22)14-7-3-4-8-16(14)24-2/h3-4,7-8,12,15H,5-6,9-11H2,1-2H3,(H2,19,20,21,23). The maximum absolute atomic E-state index is 12.2. The number of anilines is 1. The van der Waals surface area contributed by atoms with Crippen molar-refractivity contribution in [2.45, 2.75) is 25.8 Å². The molecule has 1 aliphatic heterocycles. The summed E-state index contributed by atoms with van der Waals surface area (Å²) < 4.78 is 5.53. The Hall–Kier alpha value is -2.12. The molecular formula is C18H24N4O2S. The first-order valence-corrected chi connectivity index (χ1v) is 9.39. The lowest BCUT2D eigenvalue weighted by atomic mass is 10.0. The first-order chi connectivity index (χ1) is 12.2. The van der Waals surface area contributed by atoms with Gasteiger partial charge in [-0.15, -0.1) is 11.3 Å². The van der Waals surface area contributed by atoms with E-state index in [-0.39, 0.29) is 12.1 Å². The van der Waals surface area contributed by atoms with Crippen molar-refractivity contribution in [1.82, 2.24) is 15.2 Å². The van der Waals surface area contributed by atoms with E-state index >= 15 is 0 Å². The van der Waals surface area contributed by atoms with Gasteiger partial charge in [0.2, 0.25) is 0 Å². The lowest BCUT2D eigenvalue weighted by molar-refractivity contribution is 0.224. The number of ether oxygens (including phenoxy) is 1. The molecule has 134 valence electrons. The number of para-hydroxylation sites is 1. The van der Waals surface area contributed by atoms with Crippen LogP contribution in [-0.2, 0) is 0 Å². The number of carbonyl (C=O) groups excluding carboxylic acids is 1. The average Bonchev–Trinajstić information content (AvgIpc) is 3.28. The highest BCUT2D eigenvalue weighted by molar-refractivity contribution is 7.13. The first kappa shape index (κ1) is 17.7. The highest BCUT2D eigenvalue weighted by atomic mass is 32.1. The van der Waals surface area contributed by atoms with E-state index in [2.05, 4.69) is 26.6 Å². The molecule has 7 heteroatoms. The third-order valence-corrected chi connectivity index (χ3v) is 5.25. The second-order valence-electron chi connectivity index (χ2n) is 6.13. The van der Waals surface area contributed by atoms with E-state index in [9.17, 15) is 4.79 Å². The minimum absolute atomic E-state index is 0.0995. The molecule has 1 aliphatic rings. The molecule has 6 nitrogen and oxygen atoms in total. The van der Waals surface area contributed by atoms with Gasteiger partial charge in [-0.3, -0.25) is 10.2 Å². The summed E-state index contributed by atoms with van der Waals surface area (Å²) in [7, 11) is 1.69. The Labute approximate surface area is 152 Å². The van der Waals surface area contributed by atoms with E-state index in [1.807, 2.05) is 30.5 Å². The molecule has 0 aliphatic carbocycles. The van der Waals surface area contributed by atoms with E-state index in [4.69, 9.17) is 4.74 Å². The van der Waals surface area contributed by atoms with E-state index in [0.29, 0.717) is 11.7 Å². The summed E-state index contributed by atoms with van der Waals surface area (Å²) >= 11 is 1.43. The van der Waals surface area contributed by atoms with Crippen molar-refractivity contribution >= 4 is 22.5 Å². The van der Waals surface area contributed by atoms with Crippen LogP contribution in [0.5, 0.6) is 5.75 Å². The van der Waals surface area contributed by atoms with Crippen LogP contribution in [0, 0.1) is 6.92 Å². The maximum atomic E-state index is 12.2. The van der Waals surface area contributed by atoms with Gasteiger partial charge in [0, 0.05) is 17.5 Å². The van der Waals surface area contributed by atoms with Crippen molar-refractivity contribution in [2.75, 3.05) is 32.1 Å². The van der Waals surface area contributed by atoms with Crippen LogP contribution in [0.2, 0.25) is 0 Å². The van der Waals surface area contributed by atoms with Gasteiger partial charge in [0.1, 0.15) is 5.75 Å². The fourth-order valence-corrected chi connectivity index (χ4v) is 3.86. The molecular weight excluding hydrogens is 336 g/mol. The zero-order chi connectivity index (χ0) is 17.6. The Balaban J connectivity index is 1.68. The number of likely N-dealkylation sites (tertiary alicyclic amines) is 1. The number of hydrogen-bond donors (Lipinski definition) is 2. The summed E-state index contributed by atoms with van der Waals surface area (Å²) in [5.41, 5.74) is 2.02. The van der Waals surface area contributed by atoms with Crippen LogP contribution < -0.4 is 15.4 Å². The van der Waals surface area contributed by atoms with Crippen LogP contribution in [0.1, 0.15) is 30.1 Å². The average molecular weight is 360 g/mol. The van der Waals surface area contributed by atoms with E-state index in [1.54, 1.807) is 7.11 Å². The Morgan fingerprint density at radius 2 is 2.12 bits per heavy atom. The fourth-order valence-electron chi connectivity index (χ4n) is 3.17. The van der Waals surface area contributed by atoms with Gasteiger partial charge >= 0.3 is 6.03 Å². The molecule has 2 heterocycles. The van der Waals surface area contributed by atoms with E-state index < -0.39 is 0 Å². The summed E-state index contributed by atoms with van der Waals surface area (Å²) in [6.45, 7) is 4.51. The van der Waals surface area contributed by atoms with Crippen molar-refractivity contribution in [3.63, 3.8) is 0 Å². The number of aromatic nitrogens is 1. The molecule has 2 amide bonds. The Morgan fingerprint density at radius 3 is 2.80 bits per heavy atom. The molecule has 1 aromatic carbocycles. The number of nitrogens with zero attached hydrogens (tertiary/aromatic N) is 2. The fraction of sp³-hybridized carbons (Fsp3) is 0.444. The van der Waals surface area contributed by atoms with Crippen molar-refractivity contribution in [3.05, 3.63) is 40.9 Å². The van der Waals surface area contributed by atoms with Crippen LogP contribution in [-0.4, -0.2) is 42.7 Å². The molecule has 0 bridgehead atoms. The molecule has 0 spiro atoms. The quantitative estimate of drug-likeness (QED) is 0.828. The first-order valence-electron chi connectivity index (χ1n) is 8.51. The normalized spacial score (nSPS) is 15.8. The predicted molar refractivity (Wildman–Crippen MR) is 100 cm³/mol. The number of amides is 2. The second-order valence-corrected chi connectivity index (χ2v) is 6.99. The summed E-state index contributed by atoms with van der Waals surface area (Å²) in [4.78, 5) is 18.9. The summed E-state index contributed by atoms with van der Waals surface area (Å²) in [5.74, 6) is 0.858. The van der Waals surface area contributed by atoms with Crippen LogP contribution in [0.3, 0.4) is 0 Å². The highest BCUT2D eigenvalue weighted by Crippen LogP contribution is 2.31. The zero-order valence-corrected chi connectivity index (χ0v) is 15.4. The van der Waals surface area contributed by atoms with Crippen LogP contribution in [0.25, 0.3) is 0 Å². The van der Waals surface area contributed by atoms with E-state index in [0.717, 1.165) is 30.1 Å². The number of aryl methyl sites for hydroxylation is 1. The van der Waals surface area contributed by atoms with Gasteiger partial charge in [0.05, 0.1) is 18.8 Å². The largest absolute Gasteiger partial charge is 0.496 e. The molecule has 2 N–H and O–H groups in total. The molecule has 3 rings (SSSR count). The van der Waals surface area contributed by atoms with Crippen LogP contribution in [0.4, 0.5) is 9.93 Å². The van der Waals surface area contributed by atoms with Crippen molar-refractivity contribution in [2.24, 2.45) is 0 Å². The molecule has 0 radical (unpaired) electrons. The zero-order valence-electron chi connectivity index (χ0n) is 14.6. The lowest BCUT2D eigenvalue weighted by Gasteiger charge is -2.29. The molecule has 1 atom stereocenters. The van der Waals surface area contributed by atoms with Crippen LogP contribution in [0.15, 0.2) is 29.6 Å². The van der Waals surface area contributed by atoms with Gasteiger partial charge in [0.15, 0.2) is 5.13 Å². The summed E-state index contributed by atoms with van der Waals surface area (Å²) in [5, 5.41) is 8.31. The number of hydrogen-bond acceptors (Lipinski definition) is 5. The molecule has 1 saturated heterocycles. The van der Waals surface area contributed by atoms with Gasteiger partial charge in [-0.1, -0.05) is 18.2 Å². The smallest absolute Gasteiger partial charge is 0.321 e. The maximum Gasteiger partial charge on any atom is 0.321 e. The third-order valence-electron chi connectivity index (χ3n) is 4.37. The van der Waals surface area contributed by atoms with E-state index in [1.165, 1.54) is 24.2 Å². The summed E-state index contributed by atoms with van der Waals surface area (Å²) in [6, 6.07) is 7.90. The SMILES string of the molecule is COc1ccccc1C(CNC(=O)Nc1nc(C)cs1)N1CCCC1. The topological polar surface area (TPSA) is 66.5 Å². The van der Waals surface area contributed by atoms with Crippen molar-refractivity contribution < 1.29 is 9.53 Å². The molecule has 2 aromatic rings. The summed E-state index contributed by atoms with van der Waals surface area (Å²) in [6.07, 6.45) is 2.38. The predicted octanol–water partition coefficient (Wildman–Crippen LogP) is 3.42. The minimum Gasteiger partial charge on any atom is -0.496 e. The third kappa shape index (κ3) is 4.49.